The van der Waals surface area contributed by atoms with E-state index >= 15 is 0 Å². The van der Waals surface area contributed by atoms with Gasteiger partial charge in [-0.2, -0.15) is 18.3 Å². The van der Waals surface area contributed by atoms with E-state index in [0.29, 0.717) is 5.82 Å². The highest BCUT2D eigenvalue weighted by atomic mass is 35.5. The summed E-state index contributed by atoms with van der Waals surface area (Å²) in [6.07, 6.45) is -3.25. The van der Waals surface area contributed by atoms with Crippen LogP contribution in [0.5, 0.6) is 0 Å². The van der Waals surface area contributed by atoms with Gasteiger partial charge in [0.1, 0.15) is 5.82 Å². The molecule has 0 fully saturated rings. The maximum Gasteiger partial charge on any atom is 0.436 e. The van der Waals surface area contributed by atoms with E-state index < -0.39 is 16.9 Å². The van der Waals surface area contributed by atoms with E-state index in [0.717, 1.165) is 11.1 Å². The van der Waals surface area contributed by atoms with Gasteiger partial charge in [0.25, 0.3) is 5.91 Å². The molecule has 6 nitrogen and oxygen atoms in total. The SMILES string of the molecule is CNc1ncc(Cl)cc1C(=O)N(CCn1nc(C(F)(F)F)c(Cl)c1C)Cc1ccc(C(C)(C)C)cc1. The Morgan fingerprint density at radius 2 is 1.78 bits per heavy atom. The fourth-order valence-corrected chi connectivity index (χ4v) is 4.09. The van der Waals surface area contributed by atoms with Gasteiger partial charge in [-0.3, -0.25) is 9.48 Å². The molecule has 0 spiro atoms. The molecule has 0 aliphatic heterocycles. The fourth-order valence-electron chi connectivity index (χ4n) is 3.69. The summed E-state index contributed by atoms with van der Waals surface area (Å²) >= 11 is 12.0. The summed E-state index contributed by atoms with van der Waals surface area (Å²) in [6.45, 7) is 8.09. The fraction of sp³-hybridized carbons (Fsp3) is 0.400. The van der Waals surface area contributed by atoms with Crippen molar-refractivity contribution in [2.75, 3.05) is 18.9 Å². The smallest absolute Gasteiger partial charge is 0.372 e. The molecular weight excluding hydrogens is 514 g/mol. The van der Waals surface area contributed by atoms with Crippen molar-refractivity contribution in [3.8, 4) is 0 Å². The molecule has 0 aliphatic rings. The number of halogens is 5. The number of pyridine rings is 1. The summed E-state index contributed by atoms with van der Waals surface area (Å²) in [6, 6.07) is 9.40. The van der Waals surface area contributed by atoms with E-state index in [9.17, 15) is 18.0 Å². The zero-order valence-corrected chi connectivity index (χ0v) is 22.2. The van der Waals surface area contributed by atoms with E-state index in [1.54, 1.807) is 7.05 Å². The van der Waals surface area contributed by atoms with Crippen LogP contribution in [0.1, 0.15) is 53.6 Å². The first-order valence-corrected chi connectivity index (χ1v) is 12.0. The zero-order valence-electron chi connectivity index (χ0n) is 20.7. The summed E-state index contributed by atoms with van der Waals surface area (Å²) in [5, 5.41) is 6.37. The van der Waals surface area contributed by atoms with Gasteiger partial charge in [-0.1, -0.05) is 68.2 Å². The average molecular weight is 542 g/mol. The van der Waals surface area contributed by atoms with Crippen molar-refractivity contribution in [1.29, 1.82) is 0 Å². The van der Waals surface area contributed by atoms with Crippen molar-refractivity contribution in [2.24, 2.45) is 0 Å². The number of rotatable bonds is 7. The summed E-state index contributed by atoms with van der Waals surface area (Å²) in [4.78, 5) is 19.3. The average Bonchev–Trinajstić information content (AvgIpc) is 3.10. The number of hydrogen-bond donors (Lipinski definition) is 1. The Morgan fingerprint density at radius 3 is 2.31 bits per heavy atom. The van der Waals surface area contributed by atoms with Crippen LogP contribution in [0.4, 0.5) is 19.0 Å². The van der Waals surface area contributed by atoms with E-state index in [1.807, 2.05) is 24.3 Å². The van der Waals surface area contributed by atoms with Crippen molar-refractivity contribution < 1.29 is 18.0 Å². The summed E-state index contributed by atoms with van der Waals surface area (Å²) in [7, 11) is 1.64. The third-order valence-corrected chi connectivity index (χ3v) is 6.45. The third-order valence-electron chi connectivity index (χ3n) is 5.79. The second kappa shape index (κ2) is 10.7. The van der Waals surface area contributed by atoms with Crippen LogP contribution in [-0.4, -0.2) is 39.2 Å². The number of amides is 1. The van der Waals surface area contributed by atoms with Crippen molar-refractivity contribution in [3.05, 3.63) is 74.7 Å². The number of benzene rings is 1. The molecule has 2 heterocycles. The summed E-state index contributed by atoms with van der Waals surface area (Å²) in [5.41, 5.74) is 1.25. The predicted octanol–water partition coefficient (Wildman–Crippen LogP) is 6.59. The molecule has 0 saturated heterocycles. The Labute approximate surface area is 218 Å². The van der Waals surface area contributed by atoms with Crippen LogP contribution >= 0.6 is 23.2 Å². The summed E-state index contributed by atoms with van der Waals surface area (Å²) in [5.74, 6) is -0.0312. The Hall–Kier alpha value is -2.78. The van der Waals surface area contributed by atoms with Crippen molar-refractivity contribution >= 4 is 34.9 Å². The molecule has 3 aromatic rings. The van der Waals surface area contributed by atoms with Gasteiger partial charge in [-0.05, 0) is 29.5 Å². The number of alkyl halides is 3. The molecule has 1 N–H and O–H groups in total. The molecule has 1 aromatic carbocycles. The molecule has 1 amide bonds. The third kappa shape index (κ3) is 6.31. The van der Waals surface area contributed by atoms with Gasteiger partial charge in [0.05, 0.1) is 27.8 Å². The Morgan fingerprint density at radius 1 is 1.14 bits per heavy atom. The number of carbonyl (C=O) groups excluding carboxylic acids is 1. The van der Waals surface area contributed by atoms with Gasteiger partial charge < -0.3 is 10.2 Å². The van der Waals surface area contributed by atoms with Crippen LogP contribution in [0.2, 0.25) is 10.0 Å². The van der Waals surface area contributed by atoms with Crippen LogP contribution < -0.4 is 5.32 Å². The monoisotopic (exact) mass is 541 g/mol. The first-order valence-electron chi connectivity index (χ1n) is 11.2. The van der Waals surface area contributed by atoms with E-state index in [-0.39, 0.29) is 47.2 Å². The normalized spacial score (nSPS) is 12.1. The molecule has 0 unspecified atom stereocenters. The van der Waals surface area contributed by atoms with Gasteiger partial charge in [0.15, 0.2) is 5.69 Å². The van der Waals surface area contributed by atoms with Gasteiger partial charge in [-0.25, -0.2) is 4.98 Å². The van der Waals surface area contributed by atoms with Gasteiger partial charge in [0.2, 0.25) is 0 Å². The highest BCUT2D eigenvalue weighted by molar-refractivity contribution is 6.32. The number of nitrogens with zero attached hydrogens (tertiary/aromatic N) is 4. The van der Waals surface area contributed by atoms with Crippen LogP contribution in [-0.2, 0) is 24.7 Å². The first-order chi connectivity index (χ1) is 16.7. The van der Waals surface area contributed by atoms with Crippen molar-refractivity contribution in [2.45, 2.75) is 52.4 Å². The van der Waals surface area contributed by atoms with Crippen molar-refractivity contribution in [1.82, 2.24) is 19.7 Å². The molecule has 2 aromatic heterocycles. The topological polar surface area (TPSA) is 63.1 Å². The molecule has 0 bridgehead atoms. The van der Waals surface area contributed by atoms with Gasteiger partial charge in [0, 0.05) is 26.3 Å². The first kappa shape index (κ1) is 27.8. The lowest BCUT2D eigenvalue weighted by atomic mass is 9.87. The largest absolute Gasteiger partial charge is 0.436 e. The van der Waals surface area contributed by atoms with Gasteiger partial charge in [-0.15, -0.1) is 0 Å². The molecule has 36 heavy (non-hydrogen) atoms. The molecule has 0 atom stereocenters. The maximum atomic E-state index is 13.6. The number of hydrogen-bond acceptors (Lipinski definition) is 4. The van der Waals surface area contributed by atoms with E-state index in [2.05, 4.69) is 36.2 Å². The van der Waals surface area contributed by atoms with Crippen LogP contribution in [0.3, 0.4) is 0 Å². The van der Waals surface area contributed by atoms with Crippen LogP contribution in [0.15, 0.2) is 36.5 Å². The predicted molar refractivity (Wildman–Crippen MR) is 136 cm³/mol. The summed E-state index contributed by atoms with van der Waals surface area (Å²) < 4.78 is 41.0. The van der Waals surface area contributed by atoms with E-state index in [4.69, 9.17) is 23.2 Å². The lowest BCUT2D eigenvalue weighted by molar-refractivity contribution is -0.141. The quantitative estimate of drug-likeness (QED) is 0.366. The second-order valence-electron chi connectivity index (χ2n) is 9.44. The number of carbonyl (C=O) groups is 1. The maximum absolute atomic E-state index is 13.6. The molecule has 0 saturated carbocycles. The van der Waals surface area contributed by atoms with Crippen molar-refractivity contribution in [3.63, 3.8) is 0 Å². The van der Waals surface area contributed by atoms with Crippen LogP contribution in [0.25, 0.3) is 0 Å². The highest BCUT2D eigenvalue weighted by Gasteiger charge is 2.38. The molecule has 11 heteroatoms. The molecule has 194 valence electrons. The van der Waals surface area contributed by atoms with Gasteiger partial charge >= 0.3 is 6.18 Å². The minimum absolute atomic E-state index is 0.0102. The van der Waals surface area contributed by atoms with E-state index in [1.165, 1.54) is 28.8 Å². The Bertz CT molecular complexity index is 1230. The molecule has 0 aliphatic carbocycles. The highest BCUT2D eigenvalue weighted by Crippen LogP contribution is 2.35. The molecule has 0 radical (unpaired) electrons. The lowest BCUT2D eigenvalue weighted by Crippen LogP contribution is -2.34. The standard InChI is InChI=1S/C25H28Cl2F3N5O/c1-15-20(27)21(25(28,29)30)33-35(15)11-10-34(14-16-6-8-17(9-7-16)24(2,3)4)23(36)19-12-18(26)13-32-22(19)31-5/h6-9,12-13H,10-11,14H2,1-5H3,(H,31,32). The number of aromatic nitrogens is 3. The molecular formula is C25H28Cl2F3N5O. The second-order valence-corrected chi connectivity index (χ2v) is 10.3. The minimum atomic E-state index is -4.68. The lowest BCUT2D eigenvalue weighted by Gasteiger charge is -2.25. The Kier molecular flexibility index (Phi) is 8.25. The molecule has 3 rings (SSSR count). The van der Waals surface area contributed by atoms with Crippen LogP contribution in [0, 0.1) is 6.92 Å². The minimum Gasteiger partial charge on any atom is -0.372 e. The zero-order chi connectivity index (χ0) is 26.8. The number of nitrogens with one attached hydrogen (secondary N) is 1. The number of anilines is 1. The Balaban J connectivity index is 1.93.